The van der Waals surface area contributed by atoms with Crippen LogP contribution in [-0.4, -0.2) is 36.9 Å². The Hall–Kier alpha value is -0.420. The lowest BCUT2D eigenvalue weighted by Crippen LogP contribution is -3.00. The molecule has 0 aliphatic carbocycles. The van der Waals surface area contributed by atoms with Gasteiger partial charge in [-0.3, -0.25) is 4.79 Å². The van der Waals surface area contributed by atoms with Gasteiger partial charge in [-0.2, -0.15) is 0 Å². The molecule has 1 aromatic carbocycles. The zero-order chi connectivity index (χ0) is 12.8. The molecule has 2 nitrogen and oxygen atoms in total. The fourth-order valence-electron chi connectivity index (χ4n) is 2.81. The average Bonchev–Trinajstić information content (AvgIpc) is 2.39. The summed E-state index contributed by atoms with van der Waals surface area (Å²) in [5.74, 6) is 0.381. The van der Waals surface area contributed by atoms with Gasteiger partial charge >= 0.3 is 0 Å². The number of ketones is 1. The van der Waals surface area contributed by atoms with Gasteiger partial charge in [0.2, 0.25) is 0 Å². The van der Waals surface area contributed by atoms with E-state index in [-0.39, 0.29) is 24.0 Å². The van der Waals surface area contributed by atoms with E-state index in [4.69, 9.17) is 0 Å². The topological polar surface area (TPSA) is 17.1 Å². The van der Waals surface area contributed by atoms with Gasteiger partial charge in [0.25, 0.3) is 0 Å². The molecule has 0 unspecified atom stereocenters. The van der Waals surface area contributed by atoms with Crippen molar-refractivity contribution in [1.82, 2.24) is 0 Å². The first-order chi connectivity index (χ1) is 8.68. The molecule has 0 radical (unpaired) electrons. The summed E-state index contributed by atoms with van der Waals surface area (Å²) in [6, 6.07) is 10.1. The van der Waals surface area contributed by atoms with Gasteiger partial charge in [-0.15, -0.1) is 0 Å². The standard InChI is InChI=1S/C16H24NO.HI/c1-17(11-6-3-7-12-17)13-10-16(18)14-15-8-4-2-5-9-15;/h2,4-5,8-9H,3,6-7,10-14H2,1H3;1H/q+1;/p-1. The molecule has 0 spiro atoms. The Bertz CT molecular complexity index is 385. The monoisotopic (exact) mass is 373 g/mol. The van der Waals surface area contributed by atoms with Crippen LogP contribution in [0.3, 0.4) is 0 Å². The minimum absolute atomic E-state index is 0. The molecule has 106 valence electrons. The number of likely N-dealkylation sites (tertiary alicyclic amines) is 1. The Balaban J connectivity index is 0.00000180. The Morgan fingerprint density at radius 1 is 1.11 bits per heavy atom. The minimum Gasteiger partial charge on any atom is -1.00 e. The number of benzene rings is 1. The number of piperidine rings is 1. The van der Waals surface area contributed by atoms with Crippen molar-refractivity contribution in [2.45, 2.75) is 32.1 Å². The number of hydrogen-bond donors (Lipinski definition) is 0. The van der Waals surface area contributed by atoms with Crippen molar-refractivity contribution in [3.63, 3.8) is 0 Å². The summed E-state index contributed by atoms with van der Waals surface area (Å²) in [4.78, 5) is 12.0. The molecule has 0 saturated carbocycles. The van der Waals surface area contributed by atoms with Crippen LogP contribution in [0.15, 0.2) is 30.3 Å². The highest BCUT2D eigenvalue weighted by atomic mass is 127. The van der Waals surface area contributed by atoms with Crippen molar-refractivity contribution in [2.24, 2.45) is 0 Å². The van der Waals surface area contributed by atoms with Gasteiger partial charge in [0, 0.05) is 6.42 Å². The van der Waals surface area contributed by atoms with Gasteiger partial charge < -0.3 is 28.5 Å². The smallest absolute Gasteiger partial charge is 0.142 e. The quantitative estimate of drug-likeness (QED) is 0.517. The molecule has 1 aliphatic rings. The van der Waals surface area contributed by atoms with E-state index in [1.807, 2.05) is 30.3 Å². The number of halogens is 1. The Morgan fingerprint density at radius 3 is 2.37 bits per heavy atom. The third kappa shape index (κ3) is 5.61. The van der Waals surface area contributed by atoms with Crippen LogP contribution >= 0.6 is 0 Å². The van der Waals surface area contributed by atoms with Crippen molar-refractivity contribution in [1.29, 1.82) is 0 Å². The predicted octanol–water partition coefficient (Wildman–Crippen LogP) is -0.177. The van der Waals surface area contributed by atoms with Crippen LogP contribution in [0.25, 0.3) is 0 Å². The number of hydrogen-bond acceptors (Lipinski definition) is 1. The highest BCUT2D eigenvalue weighted by Crippen LogP contribution is 2.17. The van der Waals surface area contributed by atoms with Gasteiger partial charge in [0.15, 0.2) is 0 Å². The second-order valence-corrected chi connectivity index (χ2v) is 5.80. The summed E-state index contributed by atoms with van der Waals surface area (Å²) >= 11 is 0. The first kappa shape index (κ1) is 16.6. The van der Waals surface area contributed by atoms with E-state index in [0.29, 0.717) is 12.2 Å². The number of quaternary nitrogens is 1. The van der Waals surface area contributed by atoms with Crippen LogP contribution in [0.1, 0.15) is 31.2 Å². The predicted molar refractivity (Wildman–Crippen MR) is 74.4 cm³/mol. The molecule has 1 heterocycles. The van der Waals surface area contributed by atoms with Gasteiger partial charge in [0.1, 0.15) is 5.78 Å². The first-order valence-corrected chi connectivity index (χ1v) is 7.07. The van der Waals surface area contributed by atoms with Gasteiger partial charge in [-0.25, -0.2) is 0 Å². The average molecular weight is 373 g/mol. The maximum absolute atomic E-state index is 12.0. The normalized spacial score (nSPS) is 17.5. The van der Waals surface area contributed by atoms with Crippen LogP contribution < -0.4 is 24.0 Å². The van der Waals surface area contributed by atoms with Crippen molar-refractivity contribution in [3.8, 4) is 0 Å². The summed E-state index contributed by atoms with van der Waals surface area (Å²) < 4.78 is 1.10. The molecule has 1 aliphatic heterocycles. The van der Waals surface area contributed by atoms with Crippen molar-refractivity contribution >= 4 is 5.78 Å². The summed E-state index contributed by atoms with van der Waals surface area (Å²) in [6.45, 7) is 3.52. The molecule has 1 fully saturated rings. The lowest BCUT2D eigenvalue weighted by atomic mass is 10.0. The molecular weight excluding hydrogens is 349 g/mol. The SMILES string of the molecule is C[N+]1(CCC(=O)Cc2ccccc2)CCCCC1.[I-]. The molecule has 0 amide bonds. The Labute approximate surface area is 133 Å². The molecular formula is C16H24INO. The molecule has 2 rings (SSSR count). The Kier molecular flexibility index (Phi) is 7.00. The number of nitrogens with zero attached hydrogens (tertiary/aromatic N) is 1. The number of carbonyl (C=O) groups excluding carboxylic acids is 1. The van der Waals surface area contributed by atoms with E-state index < -0.39 is 0 Å². The van der Waals surface area contributed by atoms with E-state index in [9.17, 15) is 4.79 Å². The largest absolute Gasteiger partial charge is 1.00 e. The number of rotatable bonds is 5. The van der Waals surface area contributed by atoms with Crippen LogP contribution in [0.2, 0.25) is 0 Å². The van der Waals surface area contributed by atoms with Gasteiger partial charge in [-0.05, 0) is 24.8 Å². The number of Topliss-reactive ketones (excluding diaryl/α,β-unsaturated/α-hetero) is 1. The second-order valence-electron chi connectivity index (χ2n) is 5.80. The fraction of sp³-hybridized carbons (Fsp3) is 0.562. The summed E-state index contributed by atoms with van der Waals surface area (Å²) in [5.41, 5.74) is 1.14. The molecule has 19 heavy (non-hydrogen) atoms. The lowest BCUT2D eigenvalue weighted by Gasteiger charge is -2.37. The Morgan fingerprint density at radius 2 is 1.74 bits per heavy atom. The summed E-state index contributed by atoms with van der Waals surface area (Å²) in [6.07, 6.45) is 5.34. The van der Waals surface area contributed by atoms with Crippen molar-refractivity contribution in [3.05, 3.63) is 35.9 Å². The van der Waals surface area contributed by atoms with Gasteiger partial charge in [-0.1, -0.05) is 30.3 Å². The van der Waals surface area contributed by atoms with Crippen molar-refractivity contribution in [2.75, 3.05) is 26.7 Å². The third-order valence-electron chi connectivity index (χ3n) is 4.07. The first-order valence-electron chi connectivity index (χ1n) is 7.07. The molecule has 0 aromatic heterocycles. The van der Waals surface area contributed by atoms with Crippen LogP contribution in [0.4, 0.5) is 0 Å². The second kappa shape index (κ2) is 8.00. The highest BCUT2D eigenvalue weighted by Gasteiger charge is 2.25. The van der Waals surface area contributed by atoms with Crippen molar-refractivity contribution < 1.29 is 33.3 Å². The van der Waals surface area contributed by atoms with E-state index >= 15 is 0 Å². The zero-order valence-electron chi connectivity index (χ0n) is 11.8. The van der Waals surface area contributed by atoms with Crippen LogP contribution in [-0.2, 0) is 11.2 Å². The summed E-state index contributed by atoms with van der Waals surface area (Å²) in [5, 5.41) is 0. The van der Waals surface area contributed by atoms with Crippen LogP contribution in [0.5, 0.6) is 0 Å². The van der Waals surface area contributed by atoms with E-state index in [0.717, 1.165) is 23.0 Å². The van der Waals surface area contributed by atoms with Crippen LogP contribution in [0, 0.1) is 0 Å². The zero-order valence-corrected chi connectivity index (χ0v) is 13.9. The minimum atomic E-state index is 0. The maximum Gasteiger partial charge on any atom is 0.142 e. The number of carbonyl (C=O) groups is 1. The van der Waals surface area contributed by atoms with E-state index in [1.165, 1.54) is 32.4 Å². The lowest BCUT2D eigenvalue weighted by molar-refractivity contribution is -0.913. The molecule has 0 atom stereocenters. The van der Waals surface area contributed by atoms with Gasteiger partial charge in [0.05, 0.1) is 33.1 Å². The van der Waals surface area contributed by atoms with E-state index in [2.05, 4.69) is 7.05 Å². The molecule has 0 bridgehead atoms. The summed E-state index contributed by atoms with van der Waals surface area (Å²) in [7, 11) is 2.30. The maximum atomic E-state index is 12.0. The van der Waals surface area contributed by atoms with E-state index in [1.54, 1.807) is 0 Å². The molecule has 3 heteroatoms. The molecule has 1 aromatic rings. The highest BCUT2D eigenvalue weighted by molar-refractivity contribution is 5.80. The molecule has 0 N–H and O–H groups in total. The molecule has 1 saturated heterocycles. The fourth-order valence-corrected chi connectivity index (χ4v) is 2.81. The third-order valence-corrected chi connectivity index (χ3v) is 4.07.